The molecule has 0 spiro atoms. The van der Waals surface area contributed by atoms with Gasteiger partial charge in [0.05, 0.1) is 16.6 Å². The van der Waals surface area contributed by atoms with Gasteiger partial charge in [-0.15, -0.1) is 0 Å². The van der Waals surface area contributed by atoms with Crippen LogP contribution in [0.1, 0.15) is 31.6 Å². The Bertz CT molecular complexity index is 616. The van der Waals surface area contributed by atoms with E-state index in [9.17, 15) is 5.11 Å². The van der Waals surface area contributed by atoms with E-state index in [0.29, 0.717) is 17.5 Å². The highest BCUT2D eigenvalue weighted by Crippen LogP contribution is 2.39. The largest absolute Gasteiger partial charge is 0.388 e. The molecule has 1 unspecified atom stereocenters. The number of rotatable bonds is 4. The van der Waals surface area contributed by atoms with Gasteiger partial charge in [0, 0.05) is 24.0 Å². The summed E-state index contributed by atoms with van der Waals surface area (Å²) in [4.78, 5) is 4.63. The third kappa shape index (κ3) is 2.48. The van der Waals surface area contributed by atoms with Crippen LogP contribution in [-0.2, 0) is 6.42 Å². The summed E-state index contributed by atoms with van der Waals surface area (Å²) in [6, 6.07) is 6.27. The predicted octanol–water partition coefficient (Wildman–Crippen LogP) is 2.28. The molecule has 1 heterocycles. The van der Waals surface area contributed by atoms with Crippen molar-refractivity contribution in [3.63, 3.8) is 0 Å². The molecule has 102 valence electrons. The summed E-state index contributed by atoms with van der Waals surface area (Å²) in [5.74, 6) is 0.898. The molecule has 1 aromatic carbocycles. The quantitative estimate of drug-likeness (QED) is 0.902. The maximum atomic E-state index is 10.2. The van der Waals surface area contributed by atoms with E-state index in [1.54, 1.807) is 6.92 Å². The first-order valence-electron chi connectivity index (χ1n) is 6.59. The van der Waals surface area contributed by atoms with Crippen molar-refractivity contribution >= 4 is 22.6 Å². The van der Waals surface area contributed by atoms with Crippen LogP contribution in [0.4, 0.5) is 0 Å². The van der Waals surface area contributed by atoms with Gasteiger partial charge in [0.25, 0.3) is 0 Å². The third-order valence-corrected chi connectivity index (χ3v) is 3.85. The number of nitrogens with two attached hydrogens (primary N) is 1. The maximum absolute atomic E-state index is 10.2. The molecule has 0 radical (unpaired) electrons. The van der Waals surface area contributed by atoms with E-state index in [2.05, 4.69) is 9.55 Å². The average molecular weight is 280 g/mol. The minimum atomic E-state index is -0.919. The van der Waals surface area contributed by atoms with E-state index in [4.69, 9.17) is 17.3 Å². The number of aliphatic hydroxyl groups is 1. The van der Waals surface area contributed by atoms with Crippen LogP contribution in [0, 0.1) is 0 Å². The lowest BCUT2D eigenvalue weighted by Gasteiger charge is -2.21. The van der Waals surface area contributed by atoms with Gasteiger partial charge in [-0.3, -0.25) is 0 Å². The van der Waals surface area contributed by atoms with Gasteiger partial charge in [-0.2, -0.15) is 0 Å². The minimum Gasteiger partial charge on any atom is -0.388 e. The van der Waals surface area contributed by atoms with Crippen molar-refractivity contribution in [2.24, 2.45) is 5.73 Å². The highest BCUT2D eigenvalue weighted by Gasteiger charge is 2.31. The van der Waals surface area contributed by atoms with Crippen LogP contribution in [0.5, 0.6) is 0 Å². The molecule has 4 nitrogen and oxygen atoms in total. The molecule has 0 aliphatic heterocycles. The van der Waals surface area contributed by atoms with Crippen molar-refractivity contribution in [2.75, 3.05) is 6.54 Å². The Labute approximate surface area is 117 Å². The standard InChI is InChI=1S/C14H18ClN3O/c1-14(19,8-16)7-13-17-11-6-9(15)2-5-12(11)18(13)10-3-4-10/h2,5-6,10,19H,3-4,7-8,16H2,1H3. The second-order valence-corrected chi connectivity index (χ2v) is 6.08. The monoisotopic (exact) mass is 279 g/mol. The zero-order valence-corrected chi connectivity index (χ0v) is 11.7. The molecule has 3 N–H and O–H groups in total. The highest BCUT2D eigenvalue weighted by molar-refractivity contribution is 6.31. The fraction of sp³-hybridized carbons (Fsp3) is 0.500. The SMILES string of the molecule is CC(O)(CN)Cc1nc2cc(Cl)ccc2n1C1CC1. The van der Waals surface area contributed by atoms with Crippen LogP contribution >= 0.6 is 11.6 Å². The minimum absolute atomic E-state index is 0.224. The van der Waals surface area contributed by atoms with Gasteiger partial charge < -0.3 is 15.4 Å². The maximum Gasteiger partial charge on any atom is 0.113 e. The summed E-state index contributed by atoms with van der Waals surface area (Å²) in [5.41, 5.74) is 6.67. The Hall–Kier alpha value is -1.10. The van der Waals surface area contributed by atoms with Crippen LogP contribution < -0.4 is 5.73 Å². The lowest BCUT2D eigenvalue weighted by molar-refractivity contribution is 0.0667. The first kappa shape index (κ1) is 12.9. The van der Waals surface area contributed by atoms with Crippen LogP contribution in [0.2, 0.25) is 5.02 Å². The van der Waals surface area contributed by atoms with Crippen molar-refractivity contribution < 1.29 is 5.11 Å². The summed E-state index contributed by atoms with van der Waals surface area (Å²) in [7, 11) is 0. The Balaban J connectivity index is 2.09. The molecule has 2 aromatic rings. The van der Waals surface area contributed by atoms with Gasteiger partial charge in [0.2, 0.25) is 0 Å². The lowest BCUT2D eigenvalue weighted by atomic mass is 10.0. The summed E-state index contributed by atoms with van der Waals surface area (Å²) < 4.78 is 2.23. The third-order valence-electron chi connectivity index (χ3n) is 3.62. The summed E-state index contributed by atoms with van der Waals surface area (Å²) >= 11 is 6.02. The molecular formula is C14H18ClN3O. The van der Waals surface area contributed by atoms with E-state index in [-0.39, 0.29) is 6.54 Å². The van der Waals surface area contributed by atoms with Gasteiger partial charge in [-0.25, -0.2) is 4.98 Å². The average Bonchev–Trinajstić information content (AvgIpc) is 3.11. The fourth-order valence-corrected chi connectivity index (χ4v) is 2.57. The molecule has 0 amide bonds. The molecule has 1 aliphatic carbocycles. The lowest BCUT2D eigenvalue weighted by Crippen LogP contribution is -2.37. The molecular weight excluding hydrogens is 262 g/mol. The van der Waals surface area contributed by atoms with Gasteiger partial charge >= 0.3 is 0 Å². The van der Waals surface area contributed by atoms with E-state index < -0.39 is 5.60 Å². The summed E-state index contributed by atoms with van der Waals surface area (Å²) in [6.45, 7) is 1.97. The van der Waals surface area contributed by atoms with Crippen LogP contribution in [0.15, 0.2) is 18.2 Å². The summed E-state index contributed by atoms with van der Waals surface area (Å²) in [5, 5.41) is 10.9. The second kappa shape index (κ2) is 4.47. The topological polar surface area (TPSA) is 64.1 Å². The Morgan fingerprint density at radius 1 is 1.53 bits per heavy atom. The highest BCUT2D eigenvalue weighted by atomic mass is 35.5. The molecule has 0 bridgehead atoms. The van der Waals surface area contributed by atoms with Crippen LogP contribution in [-0.4, -0.2) is 26.8 Å². The van der Waals surface area contributed by atoms with E-state index in [1.165, 1.54) is 12.8 Å². The van der Waals surface area contributed by atoms with Crippen LogP contribution in [0.3, 0.4) is 0 Å². The van der Waals surface area contributed by atoms with Gasteiger partial charge in [0.1, 0.15) is 5.82 Å². The Kier molecular flexibility index (Phi) is 3.04. The first-order chi connectivity index (χ1) is 9.00. The van der Waals surface area contributed by atoms with Crippen LogP contribution in [0.25, 0.3) is 11.0 Å². The number of halogens is 1. The molecule has 1 aromatic heterocycles. The van der Waals surface area contributed by atoms with Gasteiger partial charge in [-0.05, 0) is 38.0 Å². The molecule has 1 saturated carbocycles. The molecule has 1 fully saturated rings. The number of fused-ring (bicyclic) bond motifs is 1. The number of hydrogen-bond acceptors (Lipinski definition) is 3. The Morgan fingerprint density at radius 3 is 2.89 bits per heavy atom. The molecule has 1 aliphatic rings. The van der Waals surface area contributed by atoms with Crippen molar-refractivity contribution in [1.82, 2.24) is 9.55 Å². The normalized spacial score (nSPS) is 18.7. The number of aromatic nitrogens is 2. The van der Waals surface area contributed by atoms with Gasteiger partial charge in [0.15, 0.2) is 0 Å². The van der Waals surface area contributed by atoms with Crippen molar-refractivity contribution in [3.05, 3.63) is 29.0 Å². The van der Waals surface area contributed by atoms with Crippen molar-refractivity contribution in [3.8, 4) is 0 Å². The Morgan fingerprint density at radius 2 is 2.26 bits per heavy atom. The molecule has 5 heteroatoms. The fourth-order valence-electron chi connectivity index (χ4n) is 2.40. The predicted molar refractivity (Wildman–Crippen MR) is 76.4 cm³/mol. The van der Waals surface area contributed by atoms with Crippen molar-refractivity contribution in [2.45, 2.75) is 37.8 Å². The summed E-state index contributed by atoms with van der Waals surface area (Å²) in [6.07, 6.45) is 2.81. The smallest absolute Gasteiger partial charge is 0.113 e. The number of imidazole rings is 1. The number of hydrogen-bond donors (Lipinski definition) is 2. The van der Waals surface area contributed by atoms with E-state index in [1.807, 2.05) is 18.2 Å². The number of benzene rings is 1. The number of nitrogens with zero attached hydrogens (tertiary/aromatic N) is 2. The molecule has 1 atom stereocenters. The molecule has 19 heavy (non-hydrogen) atoms. The zero-order chi connectivity index (χ0) is 13.6. The van der Waals surface area contributed by atoms with Gasteiger partial charge in [-0.1, -0.05) is 11.6 Å². The zero-order valence-electron chi connectivity index (χ0n) is 10.9. The van der Waals surface area contributed by atoms with E-state index >= 15 is 0 Å². The molecule has 0 saturated heterocycles. The second-order valence-electron chi connectivity index (χ2n) is 5.64. The van der Waals surface area contributed by atoms with E-state index in [0.717, 1.165) is 16.9 Å². The molecule has 3 rings (SSSR count). The van der Waals surface area contributed by atoms with Crippen molar-refractivity contribution in [1.29, 1.82) is 0 Å². The first-order valence-corrected chi connectivity index (χ1v) is 6.97.